The fraction of sp³-hybridized carbons (Fsp3) is 0.172. The number of aromatic nitrogens is 1. The van der Waals surface area contributed by atoms with E-state index in [9.17, 15) is 19.5 Å². The van der Waals surface area contributed by atoms with Crippen LogP contribution in [0.4, 0.5) is 10.5 Å². The van der Waals surface area contributed by atoms with E-state index in [-0.39, 0.29) is 12.0 Å². The molecule has 0 bridgehead atoms. The van der Waals surface area contributed by atoms with Crippen molar-refractivity contribution in [3.8, 4) is 11.3 Å². The Morgan fingerprint density at radius 2 is 1.67 bits per heavy atom. The van der Waals surface area contributed by atoms with Gasteiger partial charge in [0.2, 0.25) is 0 Å². The van der Waals surface area contributed by atoms with Gasteiger partial charge in [-0.25, -0.2) is 9.59 Å². The minimum Gasteiger partial charge on any atom is -0.480 e. The van der Waals surface area contributed by atoms with Crippen LogP contribution in [0, 0.1) is 6.92 Å². The third-order valence-electron chi connectivity index (χ3n) is 6.01. The molecule has 0 saturated heterocycles. The van der Waals surface area contributed by atoms with E-state index in [2.05, 4.69) is 31.7 Å². The Balaban J connectivity index is 1.43. The van der Waals surface area contributed by atoms with Crippen LogP contribution >= 0.6 is 15.9 Å². The molecular weight excluding hydrogens is 566 g/mol. The molecule has 4 aromatic rings. The number of nitrogens with one attached hydrogen (secondary N) is 2. The van der Waals surface area contributed by atoms with Crippen molar-refractivity contribution in [3.63, 3.8) is 0 Å². The number of hydrogen-bond acceptors (Lipinski definition) is 6. The van der Waals surface area contributed by atoms with Gasteiger partial charge in [0, 0.05) is 22.0 Å². The maximum Gasteiger partial charge on any atom is 0.412 e. The Labute approximate surface area is 233 Å². The van der Waals surface area contributed by atoms with Crippen LogP contribution in [0.2, 0.25) is 0 Å². The topological polar surface area (TPSA) is 131 Å². The highest BCUT2D eigenvalue weighted by atomic mass is 79.9. The lowest BCUT2D eigenvalue weighted by molar-refractivity contribution is -0.139. The minimum absolute atomic E-state index is 0.137. The first-order valence-corrected chi connectivity index (χ1v) is 12.9. The molecular formula is C29H26BrN3O6. The first-order valence-electron chi connectivity index (χ1n) is 12.1. The molecule has 3 N–H and O–H groups in total. The van der Waals surface area contributed by atoms with Crippen molar-refractivity contribution in [1.82, 2.24) is 10.5 Å². The lowest BCUT2D eigenvalue weighted by Crippen LogP contribution is -2.42. The molecule has 2 atom stereocenters. The molecule has 1 aromatic heterocycles. The summed E-state index contributed by atoms with van der Waals surface area (Å²) in [4.78, 5) is 37.1. The van der Waals surface area contributed by atoms with Gasteiger partial charge in [0.1, 0.15) is 23.5 Å². The molecule has 0 radical (unpaired) electrons. The number of carboxylic acids is 1. The number of benzene rings is 3. The second-order valence-electron chi connectivity index (χ2n) is 8.83. The molecule has 1 heterocycles. The average molecular weight is 592 g/mol. The van der Waals surface area contributed by atoms with Crippen LogP contribution in [-0.2, 0) is 16.0 Å². The molecule has 2 unspecified atom stereocenters. The Bertz CT molecular complexity index is 1450. The van der Waals surface area contributed by atoms with Gasteiger partial charge in [0.25, 0.3) is 5.91 Å². The number of anilines is 1. The highest BCUT2D eigenvalue weighted by molar-refractivity contribution is 9.10. The number of halogens is 1. The van der Waals surface area contributed by atoms with Crippen molar-refractivity contribution in [2.45, 2.75) is 32.4 Å². The maximum absolute atomic E-state index is 12.8. The van der Waals surface area contributed by atoms with Crippen LogP contribution in [0.25, 0.3) is 11.3 Å². The Kier molecular flexibility index (Phi) is 8.77. The number of carbonyl (C=O) groups excluding carboxylic acids is 2. The van der Waals surface area contributed by atoms with Crippen LogP contribution in [0.1, 0.15) is 40.2 Å². The normalized spacial score (nSPS) is 12.3. The predicted molar refractivity (Wildman–Crippen MR) is 148 cm³/mol. The molecule has 2 amide bonds. The first-order chi connectivity index (χ1) is 18.7. The highest BCUT2D eigenvalue weighted by Crippen LogP contribution is 2.31. The van der Waals surface area contributed by atoms with Gasteiger partial charge in [-0.15, -0.1) is 0 Å². The Morgan fingerprint density at radius 3 is 2.31 bits per heavy atom. The van der Waals surface area contributed by atoms with Crippen LogP contribution in [0.5, 0.6) is 0 Å². The third-order valence-corrected chi connectivity index (χ3v) is 6.54. The number of carbonyl (C=O) groups is 3. The maximum atomic E-state index is 12.8. The summed E-state index contributed by atoms with van der Waals surface area (Å²) in [6.07, 6.45) is -0.996. The van der Waals surface area contributed by atoms with Crippen molar-refractivity contribution in [2.75, 3.05) is 5.32 Å². The quantitative estimate of drug-likeness (QED) is 0.213. The van der Waals surface area contributed by atoms with Gasteiger partial charge in [-0.3, -0.25) is 10.1 Å². The molecule has 0 aliphatic rings. The SMILES string of the molecule is Cc1noc(-c2ccc(C(=O)NC(Cc3ccc(Br)cc3)C(=O)O)cc2)c1NC(=O)OC(C)c1ccccc1. The first kappa shape index (κ1) is 27.6. The Hall–Kier alpha value is -4.44. The number of aryl methyl sites for hydroxylation is 1. The fourth-order valence-electron chi connectivity index (χ4n) is 3.87. The number of aliphatic carboxylic acids is 1. The third kappa shape index (κ3) is 7.11. The summed E-state index contributed by atoms with van der Waals surface area (Å²) in [5.41, 5.74) is 3.25. The second kappa shape index (κ2) is 12.4. The molecule has 200 valence electrons. The van der Waals surface area contributed by atoms with Crippen molar-refractivity contribution in [3.05, 3.63) is 106 Å². The summed E-state index contributed by atoms with van der Waals surface area (Å²) < 4.78 is 11.8. The number of rotatable bonds is 9. The van der Waals surface area contributed by atoms with Crippen LogP contribution < -0.4 is 10.6 Å². The number of carboxylic acid groups (broad SMARTS) is 1. The van der Waals surface area contributed by atoms with E-state index in [1.165, 1.54) is 0 Å². The molecule has 4 rings (SSSR count). The number of hydrogen-bond donors (Lipinski definition) is 3. The highest BCUT2D eigenvalue weighted by Gasteiger charge is 2.23. The van der Waals surface area contributed by atoms with E-state index in [1.54, 1.807) is 50.2 Å². The second-order valence-corrected chi connectivity index (χ2v) is 9.74. The van der Waals surface area contributed by atoms with Crippen LogP contribution in [0.15, 0.2) is 87.9 Å². The van der Waals surface area contributed by atoms with E-state index in [0.717, 1.165) is 15.6 Å². The predicted octanol–water partition coefficient (Wildman–Crippen LogP) is 6.15. The van der Waals surface area contributed by atoms with Gasteiger partial charge in [-0.2, -0.15) is 0 Å². The van der Waals surface area contributed by atoms with Gasteiger partial charge < -0.3 is 19.7 Å². The summed E-state index contributed by atoms with van der Waals surface area (Å²) in [6.45, 7) is 3.45. The molecule has 0 aliphatic carbocycles. The summed E-state index contributed by atoms with van der Waals surface area (Å²) in [5, 5.41) is 18.8. The van der Waals surface area contributed by atoms with E-state index in [0.29, 0.717) is 22.7 Å². The van der Waals surface area contributed by atoms with Crippen molar-refractivity contribution in [2.24, 2.45) is 0 Å². The minimum atomic E-state index is -1.13. The van der Waals surface area contributed by atoms with Crippen LogP contribution in [-0.4, -0.2) is 34.3 Å². The van der Waals surface area contributed by atoms with Crippen molar-refractivity contribution < 1.29 is 28.8 Å². The lowest BCUT2D eigenvalue weighted by atomic mass is 10.0. The summed E-state index contributed by atoms with van der Waals surface area (Å²) in [6, 6.07) is 21.8. The zero-order chi connectivity index (χ0) is 27.9. The molecule has 9 nitrogen and oxygen atoms in total. The van der Waals surface area contributed by atoms with E-state index in [4.69, 9.17) is 9.26 Å². The summed E-state index contributed by atoms with van der Waals surface area (Å²) in [7, 11) is 0. The molecule has 0 fully saturated rings. The zero-order valence-corrected chi connectivity index (χ0v) is 22.8. The largest absolute Gasteiger partial charge is 0.480 e. The number of amides is 2. The van der Waals surface area contributed by atoms with E-state index in [1.807, 2.05) is 42.5 Å². The Morgan fingerprint density at radius 1 is 1.00 bits per heavy atom. The van der Waals surface area contributed by atoms with Gasteiger partial charge in [-0.05, 0) is 49.2 Å². The fourth-order valence-corrected chi connectivity index (χ4v) is 4.13. The molecule has 0 spiro atoms. The van der Waals surface area contributed by atoms with Gasteiger partial charge in [-0.1, -0.05) is 75.7 Å². The summed E-state index contributed by atoms with van der Waals surface area (Å²) >= 11 is 3.35. The van der Waals surface area contributed by atoms with Gasteiger partial charge in [0.05, 0.1) is 0 Å². The van der Waals surface area contributed by atoms with Gasteiger partial charge >= 0.3 is 12.1 Å². The molecule has 10 heteroatoms. The van der Waals surface area contributed by atoms with Crippen LogP contribution in [0.3, 0.4) is 0 Å². The molecule has 0 saturated carbocycles. The lowest BCUT2D eigenvalue weighted by Gasteiger charge is -2.15. The molecule has 39 heavy (non-hydrogen) atoms. The van der Waals surface area contributed by atoms with Crippen molar-refractivity contribution in [1.29, 1.82) is 0 Å². The number of ether oxygens (including phenoxy) is 1. The summed E-state index contributed by atoms with van der Waals surface area (Å²) in [5.74, 6) is -1.37. The van der Waals surface area contributed by atoms with E-state index >= 15 is 0 Å². The average Bonchev–Trinajstić information content (AvgIpc) is 3.29. The smallest absolute Gasteiger partial charge is 0.412 e. The molecule has 0 aliphatic heterocycles. The molecule has 3 aromatic carbocycles. The van der Waals surface area contributed by atoms with E-state index < -0.39 is 30.1 Å². The standard InChI is InChI=1S/C29H26BrN3O6/c1-17-25(32-29(37)38-18(2)20-6-4-3-5-7-20)26(39-33-17)21-10-12-22(13-11-21)27(34)31-24(28(35)36)16-19-8-14-23(30)15-9-19/h3-15,18,24H,16H2,1-2H3,(H,31,34)(H,32,37)(H,35,36). The van der Waals surface area contributed by atoms with Crippen molar-refractivity contribution >= 4 is 39.6 Å². The zero-order valence-electron chi connectivity index (χ0n) is 21.2. The number of nitrogens with zero attached hydrogens (tertiary/aromatic N) is 1. The monoisotopic (exact) mass is 591 g/mol. The van der Waals surface area contributed by atoms with Gasteiger partial charge in [0.15, 0.2) is 5.76 Å².